The lowest BCUT2D eigenvalue weighted by molar-refractivity contribution is 0.111. The Balaban J connectivity index is 3.54. The molecule has 0 aliphatic rings. The van der Waals surface area contributed by atoms with Crippen LogP contribution in [0, 0.1) is 6.92 Å². The van der Waals surface area contributed by atoms with Crippen molar-refractivity contribution in [1.29, 1.82) is 0 Å². The van der Waals surface area contributed by atoms with E-state index in [-0.39, 0.29) is 0 Å². The lowest BCUT2D eigenvalue weighted by Crippen LogP contribution is -2.01. The first kappa shape index (κ1) is 12.2. The summed E-state index contributed by atoms with van der Waals surface area (Å²) in [5, 5.41) is 0. The largest absolute Gasteiger partial charge is 0.496 e. The molecule has 3 heteroatoms. The van der Waals surface area contributed by atoms with E-state index >= 15 is 0 Å². The second-order valence-electron chi connectivity index (χ2n) is 3.79. The second-order valence-corrected chi connectivity index (χ2v) is 4.65. The van der Waals surface area contributed by atoms with E-state index in [1.54, 1.807) is 7.11 Å². The van der Waals surface area contributed by atoms with Gasteiger partial charge in [-0.3, -0.25) is 4.79 Å². The Bertz CT molecular complexity index is 384. The fourth-order valence-corrected chi connectivity index (χ4v) is 2.02. The highest BCUT2D eigenvalue weighted by Gasteiger charge is 2.16. The highest BCUT2D eigenvalue weighted by molar-refractivity contribution is 9.10. The first-order valence-electron chi connectivity index (χ1n) is 4.85. The van der Waals surface area contributed by atoms with Crippen LogP contribution in [0.4, 0.5) is 0 Å². The zero-order chi connectivity index (χ0) is 11.6. The number of ether oxygens (including phenoxy) is 1. The Morgan fingerprint density at radius 3 is 2.47 bits per heavy atom. The molecule has 0 aliphatic carbocycles. The van der Waals surface area contributed by atoms with Gasteiger partial charge in [-0.1, -0.05) is 29.8 Å². The lowest BCUT2D eigenvalue weighted by Gasteiger charge is -2.16. The Hall–Kier alpha value is -0.830. The van der Waals surface area contributed by atoms with E-state index < -0.39 is 0 Å². The molecule has 0 unspecified atom stereocenters. The van der Waals surface area contributed by atoms with E-state index in [2.05, 4.69) is 29.8 Å². The van der Waals surface area contributed by atoms with Crippen molar-refractivity contribution in [3.63, 3.8) is 0 Å². The van der Waals surface area contributed by atoms with Crippen LogP contribution in [-0.2, 0) is 0 Å². The van der Waals surface area contributed by atoms with E-state index in [9.17, 15) is 4.79 Å². The number of hydrogen-bond donors (Lipinski definition) is 0. The first-order chi connectivity index (χ1) is 7.02. The predicted molar refractivity (Wildman–Crippen MR) is 64.9 cm³/mol. The minimum absolute atomic E-state index is 0.329. The Kier molecular flexibility index (Phi) is 3.91. The van der Waals surface area contributed by atoms with Crippen LogP contribution < -0.4 is 4.74 Å². The molecule has 0 aromatic heterocycles. The van der Waals surface area contributed by atoms with E-state index in [4.69, 9.17) is 4.74 Å². The number of methoxy groups -OCH3 is 1. The molecule has 1 rings (SSSR count). The van der Waals surface area contributed by atoms with Crippen LogP contribution in [0.15, 0.2) is 10.5 Å². The molecule has 15 heavy (non-hydrogen) atoms. The van der Waals surface area contributed by atoms with Gasteiger partial charge in [0.25, 0.3) is 0 Å². The third-order valence-corrected chi connectivity index (χ3v) is 3.32. The van der Waals surface area contributed by atoms with Gasteiger partial charge in [0.1, 0.15) is 5.75 Å². The smallest absolute Gasteiger partial charge is 0.154 e. The molecule has 0 amide bonds. The molecule has 0 N–H and O–H groups in total. The lowest BCUT2D eigenvalue weighted by atomic mass is 9.96. The summed E-state index contributed by atoms with van der Waals surface area (Å²) in [5.41, 5.74) is 2.61. The second kappa shape index (κ2) is 4.79. The zero-order valence-electron chi connectivity index (χ0n) is 9.43. The van der Waals surface area contributed by atoms with Crippen LogP contribution in [0.5, 0.6) is 5.75 Å². The maximum absolute atomic E-state index is 11.0. The van der Waals surface area contributed by atoms with Gasteiger partial charge in [-0.25, -0.2) is 0 Å². The Morgan fingerprint density at radius 1 is 1.47 bits per heavy atom. The minimum Gasteiger partial charge on any atom is -0.496 e. The molecule has 0 atom stereocenters. The minimum atomic E-state index is 0.329. The van der Waals surface area contributed by atoms with Crippen molar-refractivity contribution < 1.29 is 9.53 Å². The van der Waals surface area contributed by atoms with Crippen molar-refractivity contribution in [2.45, 2.75) is 26.7 Å². The van der Waals surface area contributed by atoms with Crippen molar-refractivity contribution in [1.82, 2.24) is 0 Å². The molecule has 1 aromatic rings. The molecule has 2 nitrogen and oxygen atoms in total. The molecular formula is C12H15BrO2. The predicted octanol–water partition coefficient (Wildman–Crippen LogP) is 3.70. The molecular weight excluding hydrogens is 256 g/mol. The third kappa shape index (κ3) is 2.23. The van der Waals surface area contributed by atoms with Gasteiger partial charge >= 0.3 is 0 Å². The summed E-state index contributed by atoms with van der Waals surface area (Å²) in [5.74, 6) is 1.02. The van der Waals surface area contributed by atoms with Gasteiger partial charge in [0, 0.05) is 4.47 Å². The van der Waals surface area contributed by atoms with Gasteiger partial charge in [0.05, 0.1) is 12.7 Å². The normalized spacial score (nSPS) is 10.5. The van der Waals surface area contributed by atoms with Crippen LogP contribution in [0.2, 0.25) is 0 Å². The fraction of sp³-hybridized carbons (Fsp3) is 0.417. The van der Waals surface area contributed by atoms with Gasteiger partial charge in [0.2, 0.25) is 0 Å². The van der Waals surface area contributed by atoms with Crippen molar-refractivity contribution >= 4 is 22.2 Å². The van der Waals surface area contributed by atoms with Gasteiger partial charge in [-0.05, 0) is 30.0 Å². The molecule has 1 aromatic carbocycles. The highest BCUT2D eigenvalue weighted by Crippen LogP contribution is 2.35. The van der Waals surface area contributed by atoms with Crippen LogP contribution in [0.3, 0.4) is 0 Å². The van der Waals surface area contributed by atoms with E-state index in [1.807, 2.05) is 13.0 Å². The molecule has 0 heterocycles. The number of hydrogen-bond acceptors (Lipinski definition) is 2. The number of carbonyl (C=O) groups excluding carboxylic acids is 1. The fourth-order valence-electron chi connectivity index (χ4n) is 1.56. The van der Waals surface area contributed by atoms with Crippen molar-refractivity contribution in [3.05, 3.63) is 27.2 Å². The van der Waals surface area contributed by atoms with Crippen LogP contribution >= 0.6 is 15.9 Å². The van der Waals surface area contributed by atoms with E-state index in [0.29, 0.717) is 17.2 Å². The van der Waals surface area contributed by atoms with Gasteiger partial charge in [-0.15, -0.1) is 0 Å². The number of carbonyl (C=O) groups is 1. The third-order valence-electron chi connectivity index (χ3n) is 2.50. The summed E-state index contributed by atoms with van der Waals surface area (Å²) >= 11 is 3.45. The highest BCUT2D eigenvalue weighted by atomic mass is 79.9. The van der Waals surface area contributed by atoms with Gasteiger partial charge in [-0.2, -0.15) is 0 Å². The quantitative estimate of drug-likeness (QED) is 0.783. The molecule has 0 saturated carbocycles. The standard InChI is InChI=1S/C12H15BrO2/c1-7(2)9-5-11(13)8(3)10(6-14)12(9)15-4/h5-7H,1-4H3. The topological polar surface area (TPSA) is 26.3 Å². The summed E-state index contributed by atoms with van der Waals surface area (Å²) in [6.07, 6.45) is 0.852. The number of halogens is 1. The maximum atomic E-state index is 11.0. The van der Waals surface area contributed by atoms with Gasteiger partial charge in [0.15, 0.2) is 6.29 Å². The Labute approximate surface area is 98.8 Å². The summed E-state index contributed by atoms with van der Waals surface area (Å²) in [4.78, 5) is 11.0. The zero-order valence-corrected chi connectivity index (χ0v) is 11.0. The van der Waals surface area contributed by atoms with E-state index in [1.165, 1.54) is 0 Å². The SMILES string of the molecule is COc1c(C(C)C)cc(Br)c(C)c1C=O. The maximum Gasteiger partial charge on any atom is 0.154 e. The molecule has 82 valence electrons. The summed E-state index contributed by atoms with van der Waals surface area (Å²) < 4.78 is 6.27. The average Bonchev–Trinajstić information content (AvgIpc) is 2.20. The Morgan fingerprint density at radius 2 is 2.07 bits per heavy atom. The van der Waals surface area contributed by atoms with Crippen LogP contribution in [0.1, 0.15) is 41.3 Å². The number of benzene rings is 1. The monoisotopic (exact) mass is 270 g/mol. The van der Waals surface area contributed by atoms with Crippen molar-refractivity contribution in [2.24, 2.45) is 0 Å². The summed E-state index contributed by atoms with van der Waals surface area (Å²) in [7, 11) is 1.60. The molecule has 0 bridgehead atoms. The van der Waals surface area contributed by atoms with Crippen molar-refractivity contribution in [2.75, 3.05) is 7.11 Å². The van der Waals surface area contributed by atoms with Crippen LogP contribution in [0.25, 0.3) is 0 Å². The number of rotatable bonds is 3. The number of aldehydes is 1. The summed E-state index contributed by atoms with van der Waals surface area (Å²) in [6, 6.07) is 2.02. The summed E-state index contributed by atoms with van der Waals surface area (Å²) in [6.45, 7) is 6.06. The molecule has 0 radical (unpaired) electrons. The molecule has 0 aliphatic heterocycles. The molecule has 0 spiro atoms. The van der Waals surface area contributed by atoms with Crippen molar-refractivity contribution in [3.8, 4) is 5.75 Å². The average molecular weight is 271 g/mol. The molecule has 0 fully saturated rings. The van der Waals surface area contributed by atoms with Gasteiger partial charge < -0.3 is 4.74 Å². The van der Waals surface area contributed by atoms with E-state index in [0.717, 1.165) is 21.9 Å². The van der Waals surface area contributed by atoms with Crippen LogP contribution in [-0.4, -0.2) is 13.4 Å². The molecule has 0 saturated heterocycles. The first-order valence-corrected chi connectivity index (χ1v) is 5.64.